The molecule has 0 spiro atoms. The Morgan fingerprint density at radius 3 is 2.31 bits per heavy atom. The number of carbonyl (C=O) groups is 1. The second-order valence-corrected chi connectivity index (χ2v) is 6.31. The van der Waals surface area contributed by atoms with Gasteiger partial charge >= 0.3 is 0 Å². The van der Waals surface area contributed by atoms with Crippen LogP contribution in [-0.4, -0.2) is 32.2 Å². The van der Waals surface area contributed by atoms with E-state index in [-0.39, 0.29) is 12.5 Å². The summed E-state index contributed by atoms with van der Waals surface area (Å²) in [6.07, 6.45) is 3.67. The van der Waals surface area contributed by atoms with Gasteiger partial charge in [0.1, 0.15) is 11.5 Å². The molecule has 5 nitrogen and oxygen atoms in total. The smallest absolute Gasteiger partial charge is 0.262 e. The molecule has 5 heteroatoms. The lowest BCUT2D eigenvalue weighted by Crippen LogP contribution is -2.30. The van der Waals surface area contributed by atoms with Crippen LogP contribution in [0.4, 0.5) is 11.4 Å². The van der Waals surface area contributed by atoms with Gasteiger partial charge in [-0.05, 0) is 62.6 Å². The average molecular weight is 354 g/mol. The molecule has 138 valence electrons. The molecular weight excluding hydrogens is 328 g/mol. The first-order valence-electron chi connectivity index (χ1n) is 9.26. The topological polar surface area (TPSA) is 50.8 Å². The van der Waals surface area contributed by atoms with Crippen LogP contribution >= 0.6 is 0 Å². The number of ether oxygens (including phenoxy) is 2. The molecule has 3 rings (SSSR count). The number of hydrogen-bond acceptors (Lipinski definition) is 4. The quantitative estimate of drug-likeness (QED) is 0.813. The van der Waals surface area contributed by atoms with E-state index in [9.17, 15) is 4.79 Å². The van der Waals surface area contributed by atoms with Gasteiger partial charge < -0.3 is 19.7 Å². The van der Waals surface area contributed by atoms with E-state index in [1.165, 1.54) is 19.3 Å². The van der Waals surface area contributed by atoms with Crippen molar-refractivity contribution in [3.8, 4) is 11.5 Å². The summed E-state index contributed by atoms with van der Waals surface area (Å²) in [6.45, 7) is 4.61. The number of amides is 1. The van der Waals surface area contributed by atoms with Gasteiger partial charge in [0.05, 0.1) is 18.0 Å². The number of piperidine rings is 1. The van der Waals surface area contributed by atoms with Gasteiger partial charge in [-0.2, -0.15) is 0 Å². The normalized spacial score (nSPS) is 14.0. The van der Waals surface area contributed by atoms with E-state index in [2.05, 4.69) is 16.3 Å². The number of hydrogen-bond donors (Lipinski definition) is 1. The summed E-state index contributed by atoms with van der Waals surface area (Å²) < 4.78 is 11.0. The lowest BCUT2D eigenvalue weighted by Gasteiger charge is -2.30. The van der Waals surface area contributed by atoms with Crippen LogP contribution in [0.2, 0.25) is 0 Å². The highest BCUT2D eigenvalue weighted by molar-refractivity contribution is 5.95. The molecule has 1 amide bonds. The zero-order chi connectivity index (χ0) is 18.2. The van der Waals surface area contributed by atoms with Crippen molar-refractivity contribution in [1.82, 2.24) is 0 Å². The summed E-state index contributed by atoms with van der Waals surface area (Å²) in [6, 6.07) is 15.2. The molecule has 1 fully saturated rings. The third kappa shape index (κ3) is 4.91. The molecule has 2 aromatic carbocycles. The summed E-state index contributed by atoms with van der Waals surface area (Å²) in [5, 5.41) is 2.98. The minimum Gasteiger partial charge on any atom is -0.494 e. The lowest BCUT2D eigenvalue weighted by atomic mass is 10.1. The van der Waals surface area contributed by atoms with Crippen LogP contribution in [0.25, 0.3) is 0 Å². The molecule has 1 aliphatic rings. The predicted octanol–water partition coefficient (Wildman–Crippen LogP) is 4.09. The van der Waals surface area contributed by atoms with Gasteiger partial charge in [-0.25, -0.2) is 0 Å². The fraction of sp³-hybridized carbons (Fsp3) is 0.381. The largest absolute Gasteiger partial charge is 0.494 e. The summed E-state index contributed by atoms with van der Waals surface area (Å²) in [7, 11) is 0. The Morgan fingerprint density at radius 1 is 0.962 bits per heavy atom. The van der Waals surface area contributed by atoms with Crippen molar-refractivity contribution in [1.29, 1.82) is 0 Å². The third-order valence-electron chi connectivity index (χ3n) is 4.38. The van der Waals surface area contributed by atoms with Gasteiger partial charge in [0, 0.05) is 13.1 Å². The number of para-hydroxylation sites is 2. The highest BCUT2D eigenvalue weighted by Gasteiger charge is 2.15. The average Bonchev–Trinajstić information content (AvgIpc) is 2.69. The van der Waals surface area contributed by atoms with Gasteiger partial charge in [0.25, 0.3) is 5.91 Å². The first-order chi connectivity index (χ1) is 12.8. The van der Waals surface area contributed by atoms with Crippen LogP contribution < -0.4 is 19.7 Å². The minimum atomic E-state index is -0.164. The van der Waals surface area contributed by atoms with E-state index < -0.39 is 0 Å². The fourth-order valence-electron chi connectivity index (χ4n) is 3.12. The Kier molecular flexibility index (Phi) is 6.36. The van der Waals surface area contributed by atoms with Crippen LogP contribution in [-0.2, 0) is 4.79 Å². The van der Waals surface area contributed by atoms with E-state index >= 15 is 0 Å². The summed E-state index contributed by atoms with van der Waals surface area (Å²) in [5.41, 5.74) is 1.93. The molecule has 2 aromatic rings. The van der Waals surface area contributed by atoms with Crippen LogP contribution in [0.5, 0.6) is 11.5 Å². The molecule has 1 aliphatic heterocycles. The monoisotopic (exact) mass is 354 g/mol. The number of benzene rings is 2. The van der Waals surface area contributed by atoms with Crippen LogP contribution in [0, 0.1) is 0 Å². The number of nitrogens with one attached hydrogen (secondary N) is 1. The van der Waals surface area contributed by atoms with Gasteiger partial charge in [-0.3, -0.25) is 4.79 Å². The molecule has 0 bridgehead atoms. The molecule has 0 radical (unpaired) electrons. The Bertz CT molecular complexity index is 709. The van der Waals surface area contributed by atoms with E-state index in [1.54, 1.807) is 12.1 Å². The predicted molar refractivity (Wildman–Crippen MR) is 104 cm³/mol. The highest BCUT2D eigenvalue weighted by Crippen LogP contribution is 2.28. The maximum atomic E-state index is 12.3. The van der Waals surface area contributed by atoms with Crippen LogP contribution in [0.1, 0.15) is 26.2 Å². The Labute approximate surface area is 154 Å². The Hall–Kier alpha value is -2.69. The van der Waals surface area contributed by atoms with Gasteiger partial charge in [-0.15, -0.1) is 0 Å². The second kappa shape index (κ2) is 9.13. The second-order valence-electron chi connectivity index (χ2n) is 6.31. The first kappa shape index (κ1) is 18.1. The number of nitrogens with zero attached hydrogens (tertiary/aromatic N) is 1. The summed E-state index contributed by atoms with van der Waals surface area (Å²) in [4.78, 5) is 14.7. The molecule has 0 atom stereocenters. The molecule has 1 N–H and O–H groups in total. The Morgan fingerprint density at radius 2 is 1.62 bits per heavy atom. The highest BCUT2D eigenvalue weighted by atomic mass is 16.5. The molecule has 26 heavy (non-hydrogen) atoms. The van der Waals surface area contributed by atoms with Crippen molar-refractivity contribution in [3.63, 3.8) is 0 Å². The standard InChI is InChI=1S/C21H26N2O3/c1-2-25-17-10-12-18(13-11-17)26-16-21(24)22-19-8-4-5-9-20(19)23-14-6-3-7-15-23/h4-5,8-13H,2-3,6-7,14-16H2,1H3,(H,22,24). The van der Waals surface area contributed by atoms with Gasteiger partial charge in [-0.1, -0.05) is 12.1 Å². The van der Waals surface area contributed by atoms with Crippen LogP contribution in [0.3, 0.4) is 0 Å². The molecule has 1 heterocycles. The SMILES string of the molecule is CCOc1ccc(OCC(=O)Nc2ccccc2N2CCCCC2)cc1. The molecular formula is C21H26N2O3. The third-order valence-corrected chi connectivity index (χ3v) is 4.38. The maximum Gasteiger partial charge on any atom is 0.262 e. The number of rotatable bonds is 7. The summed E-state index contributed by atoms with van der Waals surface area (Å²) in [5.74, 6) is 1.27. The molecule has 1 saturated heterocycles. The van der Waals surface area contributed by atoms with Crippen LogP contribution in [0.15, 0.2) is 48.5 Å². The zero-order valence-electron chi connectivity index (χ0n) is 15.2. The first-order valence-corrected chi connectivity index (χ1v) is 9.26. The maximum absolute atomic E-state index is 12.3. The molecule has 0 unspecified atom stereocenters. The van der Waals surface area contributed by atoms with Crippen molar-refractivity contribution >= 4 is 17.3 Å². The van der Waals surface area contributed by atoms with Crippen molar-refractivity contribution < 1.29 is 14.3 Å². The Balaban J connectivity index is 1.56. The van der Waals surface area contributed by atoms with E-state index in [0.717, 1.165) is 30.2 Å². The van der Waals surface area contributed by atoms with Gasteiger partial charge in [0.15, 0.2) is 6.61 Å². The van der Waals surface area contributed by atoms with Crippen molar-refractivity contribution in [3.05, 3.63) is 48.5 Å². The van der Waals surface area contributed by atoms with E-state index in [0.29, 0.717) is 12.4 Å². The van der Waals surface area contributed by atoms with Crippen molar-refractivity contribution in [2.45, 2.75) is 26.2 Å². The zero-order valence-corrected chi connectivity index (χ0v) is 15.2. The molecule has 0 aromatic heterocycles. The minimum absolute atomic E-state index is 0.0255. The molecule has 0 aliphatic carbocycles. The van der Waals surface area contributed by atoms with Crippen molar-refractivity contribution in [2.24, 2.45) is 0 Å². The van der Waals surface area contributed by atoms with Crippen molar-refractivity contribution in [2.75, 3.05) is 36.5 Å². The number of carbonyl (C=O) groups excluding carboxylic acids is 1. The van der Waals surface area contributed by atoms with E-state index in [1.807, 2.05) is 37.3 Å². The molecule has 0 saturated carbocycles. The summed E-state index contributed by atoms with van der Waals surface area (Å²) >= 11 is 0. The number of anilines is 2. The van der Waals surface area contributed by atoms with E-state index in [4.69, 9.17) is 9.47 Å². The van der Waals surface area contributed by atoms with Gasteiger partial charge in [0.2, 0.25) is 0 Å². The fourth-order valence-corrected chi connectivity index (χ4v) is 3.12. The lowest BCUT2D eigenvalue weighted by molar-refractivity contribution is -0.118.